The summed E-state index contributed by atoms with van der Waals surface area (Å²) in [5.41, 5.74) is -0.193. The monoisotopic (exact) mass is 336 g/mol. The van der Waals surface area contributed by atoms with Gasteiger partial charge in [0.05, 0.1) is 5.92 Å². The van der Waals surface area contributed by atoms with Crippen LogP contribution in [-0.2, 0) is 4.79 Å². The second kappa shape index (κ2) is 5.73. The molecule has 0 aliphatic rings. The normalized spacial score (nSPS) is 11.9. The fourth-order valence-electron chi connectivity index (χ4n) is 0.755. The standard InChI is InChI=1S/C9H9IN2O4/c1-5(4-10)9(15)16-7-3-2-6(8(13)14)11-12-7/h2-3,5H,4H2,1H3,(H,13,14). The van der Waals surface area contributed by atoms with Gasteiger partial charge < -0.3 is 9.84 Å². The molecule has 0 fully saturated rings. The van der Waals surface area contributed by atoms with E-state index in [2.05, 4.69) is 32.8 Å². The van der Waals surface area contributed by atoms with E-state index in [9.17, 15) is 9.59 Å². The van der Waals surface area contributed by atoms with Crippen molar-refractivity contribution in [1.29, 1.82) is 0 Å². The van der Waals surface area contributed by atoms with Gasteiger partial charge in [-0.15, -0.1) is 10.2 Å². The number of aromatic nitrogens is 2. The first-order valence-electron chi connectivity index (χ1n) is 4.39. The Bertz CT molecular complexity index is 393. The largest absolute Gasteiger partial charge is 0.476 e. The Kier molecular flexibility index (Phi) is 4.59. The second-order valence-electron chi connectivity index (χ2n) is 3.04. The van der Waals surface area contributed by atoms with Crippen molar-refractivity contribution in [3.05, 3.63) is 17.8 Å². The van der Waals surface area contributed by atoms with Crippen molar-refractivity contribution in [1.82, 2.24) is 10.2 Å². The third-order valence-corrected chi connectivity index (χ3v) is 3.02. The summed E-state index contributed by atoms with van der Waals surface area (Å²) in [5, 5.41) is 15.4. The molecule has 7 heteroatoms. The zero-order valence-corrected chi connectivity index (χ0v) is 10.5. The van der Waals surface area contributed by atoms with E-state index in [1.165, 1.54) is 12.1 Å². The highest BCUT2D eigenvalue weighted by atomic mass is 127. The van der Waals surface area contributed by atoms with Crippen molar-refractivity contribution in [2.75, 3.05) is 4.43 Å². The summed E-state index contributed by atoms with van der Waals surface area (Å²) in [5.74, 6) is -1.81. The van der Waals surface area contributed by atoms with Gasteiger partial charge in [-0.1, -0.05) is 29.5 Å². The Hall–Kier alpha value is -1.25. The summed E-state index contributed by atoms with van der Waals surface area (Å²) >= 11 is 2.07. The first-order valence-corrected chi connectivity index (χ1v) is 5.92. The average molecular weight is 336 g/mol. The van der Waals surface area contributed by atoms with Crippen LogP contribution in [0.3, 0.4) is 0 Å². The number of hydrogen-bond acceptors (Lipinski definition) is 5. The molecule has 0 bridgehead atoms. The van der Waals surface area contributed by atoms with Gasteiger partial charge in [0.25, 0.3) is 0 Å². The second-order valence-corrected chi connectivity index (χ2v) is 3.92. The van der Waals surface area contributed by atoms with Gasteiger partial charge in [-0.05, 0) is 6.07 Å². The molecule has 0 aromatic carbocycles. The van der Waals surface area contributed by atoms with Crippen molar-refractivity contribution >= 4 is 34.5 Å². The lowest BCUT2D eigenvalue weighted by Crippen LogP contribution is -2.19. The molecule has 86 valence electrons. The maximum absolute atomic E-state index is 11.4. The molecule has 0 aliphatic carbocycles. The van der Waals surface area contributed by atoms with Crippen molar-refractivity contribution < 1.29 is 19.4 Å². The molecule has 0 spiro atoms. The van der Waals surface area contributed by atoms with Gasteiger partial charge in [0.2, 0.25) is 5.88 Å². The highest BCUT2D eigenvalue weighted by Gasteiger charge is 2.15. The molecule has 0 saturated heterocycles. The predicted molar refractivity (Wildman–Crippen MR) is 62.7 cm³/mol. The summed E-state index contributed by atoms with van der Waals surface area (Å²) in [6.45, 7) is 1.73. The molecular weight excluding hydrogens is 327 g/mol. The predicted octanol–water partition coefficient (Wildman–Crippen LogP) is 1.15. The number of esters is 1. The molecule has 1 N–H and O–H groups in total. The van der Waals surface area contributed by atoms with Gasteiger partial charge in [-0.25, -0.2) is 4.79 Å². The van der Waals surface area contributed by atoms with Crippen LogP contribution in [0.5, 0.6) is 5.88 Å². The Morgan fingerprint density at radius 2 is 2.19 bits per heavy atom. The number of ether oxygens (including phenoxy) is 1. The molecule has 0 saturated carbocycles. The number of carboxylic acids is 1. The number of carbonyl (C=O) groups excluding carboxylic acids is 1. The van der Waals surface area contributed by atoms with Crippen molar-refractivity contribution in [3.8, 4) is 5.88 Å². The summed E-state index contributed by atoms with van der Waals surface area (Å²) in [6, 6.07) is 2.53. The Balaban J connectivity index is 2.69. The Morgan fingerprint density at radius 1 is 1.50 bits per heavy atom. The lowest BCUT2D eigenvalue weighted by atomic mass is 10.2. The van der Waals surface area contributed by atoms with Crippen molar-refractivity contribution in [2.45, 2.75) is 6.92 Å². The van der Waals surface area contributed by atoms with Crippen LogP contribution in [0.15, 0.2) is 12.1 Å². The highest BCUT2D eigenvalue weighted by molar-refractivity contribution is 14.1. The number of carbonyl (C=O) groups is 2. The molecule has 1 atom stereocenters. The molecule has 1 aromatic rings. The fourth-order valence-corrected chi connectivity index (χ4v) is 1.11. The Morgan fingerprint density at radius 3 is 2.62 bits per heavy atom. The minimum absolute atomic E-state index is 0.00620. The van der Waals surface area contributed by atoms with Gasteiger partial charge in [0.15, 0.2) is 5.69 Å². The van der Waals surface area contributed by atoms with Crippen LogP contribution < -0.4 is 4.74 Å². The molecule has 1 rings (SSSR count). The summed E-state index contributed by atoms with van der Waals surface area (Å²) in [4.78, 5) is 21.8. The molecule has 0 aliphatic heterocycles. The minimum Gasteiger partial charge on any atom is -0.476 e. The summed E-state index contributed by atoms with van der Waals surface area (Å²) < 4.78 is 5.53. The van der Waals surface area contributed by atoms with E-state index in [0.29, 0.717) is 4.43 Å². The highest BCUT2D eigenvalue weighted by Crippen LogP contribution is 2.09. The molecule has 0 amide bonds. The fraction of sp³-hybridized carbons (Fsp3) is 0.333. The zero-order valence-electron chi connectivity index (χ0n) is 8.38. The van der Waals surface area contributed by atoms with Gasteiger partial charge >= 0.3 is 11.9 Å². The molecule has 16 heavy (non-hydrogen) atoms. The quantitative estimate of drug-likeness (QED) is 0.504. The van der Waals surface area contributed by atoms with Crippen LogP contribution in [0.4, 0.5) is 0 Å². The Labute approximate surface area is 105 Å². The van der Waals surface area contributed by atoms with E-state index in [0.717, 1.165) is 0 Å². The summed E-state index contributed by atoms with van der Waals surface area (Å²) in [6.07, 6.45) is 0. The number of aromatic carboxylic acids is 1. The van der Waals surface area contributed by atoms with Gasteiger partial charge in [0.1, 0.15) is 0 Å². The molecule has 0 radical (unpaired) electrons. The van der Waals surface area contributed by atoms with E-state index >= 15 is 0 Å². The van der Waals surface area contributed by atoms with Crippen LogP contribution in [0.2, 0.25) is 0 Å². The molecule has 1 unspecified atom stereocenters. The molecule has 6 nitrogen and oxygen atoms in total. The number of alkyl halides is 1. The van der Waals surface area contributed by atoms with E-state index < -0.39 is 11.9 Å². The molecule has 1 heterocycles. The minimum atomic E-state index is -1.17. The lowest BCUT2D eigenvalue weighted by molar-refractivity contribution is -0.137. The SMILES string of the molecule is CC(CI)C(=O)Oc1ccc(C(=O)O)nn1. The lowest BCUT2D eigenvalue weighted by Gasteiger charge is -2.06. The zero-order chi connectivity index (χ0) is 12.1. The van der Waals surface area contributed by atoms with Crippen LogP contribution in [0.1, 0.15) is 17.4 Å². The maximum atomic E-state index is 11.4. The van der Waals surface area contributed by atoms with E-state index in [1.807, 2.05) is 0 Å². The van der Waals surface area contributed by atoms with Crippen LogP contribution >= 0.6 is 22.6 Å². The smallest absolute Gasteiger partial charge is 0.356 e. The number of carboxylic acid groups (broad SMARTS) is 1. The van der Waals surface area contributed by atoms with E-state index in [-0.39, 0.29) is 17.5 Å². The molecular formula is C9H9IN2O4. The summed E-state index contributed by atoms with van der Waals surface area (Å²) in [7, 11) is 0. The average Bonchev–Trinajstić information content (AvgIpc) is 2.28. The number of hydrogen-bond donors (Lipinski definition) is 1. The van der Waals surface area contributed by atoms with Gasteiger partial charge in [0, 0.05) is 10.5 Å². The van der Waals surface area contributed by atoms with Crippen molar-refractivity contribution in [3.63, 3.8) is 0 Å². The van der Waals surface area contributed by atoms with Crippen molar-refractivity contribution in [2.24, 2.45) is 5.92 Å². The number of nitrogens with zero attached hydrogens (tertiary/aromatic N) is 2. The maximum Gasteiger partial charge on any atom is 0.356 e. The number of halogens is 1. The first kappa shape index (κ1) is 12.8. The third-order valence-electron chi connectivity index (χ3n) is 1.70. The van der Waals surface area contributed by atoms with E-state index in [4.69, 9.17) is 9.84 Å². The van der Waals surface area contributed by atoms with Crippen LogP contribution in [-0.4, -0.2) is 31.7 Å². The van der Waals surface area contributed by atoms with Gasteiger partial charge in [-0.2, -0.15) is 0 Å². The molecule has 1 aromatic heterocycles. The third kappa shape index (κ3) is 3.40. The van der Waals surface area contributed by atoms with Crippen LogP contribution in [0, 0.1) is 5.92 Å². The van der Waals surface area contributed by atoms with Crippen LogP contribution in [0.25, 0.3) is 0 Å². The first-order chi connectivity index (χ1) is 7.54. The topological polar surface area (TPSA) is 89.4 Å². The number of rotatable bonds is 4. The van der Waals surface area contributed by atoms with E-state index in [1.54, 1.807) is 6.92 Å². The van der Waals surface area contributed by atoms with Gasteiger partial charge in [-0.3, -0.25) is 4.79 Å².